The molecular weight excluding hydrogens is 368 g/mol. The molecule has 0 spiro atoms. The molecule has 4 rings (SSSR count). The van der Waals surface area contributed by atoms with Crippen LogP contribution in [-0.2, 0) is 22.5 Å². The second-order valence-corrected chi connectivity index (χ2v) is 8.79. The van der Waals surface area contributed by atoms with E-state index >= 15 is 0 Å². The fourth-order valence-corrected chi connectivity index (χ4v) is 4.59. The number of hydrogen-bond acceptors (Lipinski definition) is 6. The number of anilines is 1. The molecule has 29 heavy (non-hydrogen) atoms. The fourth-order valence-electron chi connectivity index (χ4n) is 4.59. The number of amides is 1. The lowest BCUT2D eigenvalue weighted by Gasteiger charge is -2.43. The van der Waals surface area contributed by atoms with Gasteiger partial charge >= 0.3 is 6.09 Å². The van der Waals surface area contributed by atoms with E-state index in [2.05, 4.69) is 31.7 Å². The van der Waals surface area contributed by atoms with E-state index in [-0.39, 0.29) is 24.2 Å². The summed E-state index contributed by atoms with van der Waals surface area (Å²) in [6, 6.07) is 2.47. The number of carbonyl (C=O) groups is 1. The van der Waals surface area contributed by atoms with Gasteiger partial charge in [-0.25, -0.2) is 9.78 Å². The van der Waals surface area contributed by atoms with Crippen LogP contribution in [0.25, 0.3) is 0 Å². The maximum absolute atomic E-state index is 12.2. The molecule has 1 amide bonds. The van der Waals surface area contributed by atoms with Gasteiger partial charge in [0.15, 0.2) is 0 Å². The second kappa shape index (κ2) is 7.83. The first-order valence-electron chi connectivity index (χ1n) is 10.6. The maximum Gasteiger partial charge on any atom is 0.409 e. The Balaban J connectivity index is 1.73. The van der Waals surface area contributed by atoms with E-state index in [4.69, 9.17) is 14.5 Å². The molecule has 2 aliphatic heterocycles. The Hall–Kier alpha value is -2.33. The van der Waals surface area contributed by atoms with E-state index in [0.29, 0.717) is 37.7 Å². The zero-order valence-corrected chi connectivity index (χ0v) is 17.8. The van der Waals surface area contributed by atoms with Crippen molar-refractivity contribution in [2.24, 2.45) is 5.92 Å². The first kappa shape index (κ1) is 20.0. The summed E-state index contributed by atoms with van der Waals surface area (Å²) < 4.78 is 10.9. The number of fused-ring (bicyclic) bond motifs is 1. The van der Waals surface area contributed by atoms with Crippen LogP contribution in [0.5, 0.6) is 0 Å². The highest BCUT2D eigenvalue weighted by atomic mass is 16.5. The van der Waals surface area contributed by atoms with E-state index < -0.39 is 0 Å². The molecule has 156 valence electrons. The van der Waals surface area contributed by atoms with Crippen LogP contribution in [0.2, 0.25) is 0 Å². The molecule has 7 heteroatoms. The van der Waals surface area contributed by atoms with Crippen molar-refractivity contribution in [2.75, 3.05) is 31.6 Å². The van der Waals surface area contributed by atoms with Gasteiger partial charge in [0.05, 0.1) is 37.1 Å². The number of rotatable bonds is 3. The van der Waals surface area contributed by atoms with Crippen LogP contribution in [0.3, 0.4) is 0 Å². The predicted molar refractivity (Wildman–Crippen MR) is 109 cm³/mol. The van der Waals surface area contributed by atoms with E-state index in [1.165, 1.54) is 7.11 Å². The molecule has 2 fully saturated rings. The van der Waals surface area contributed by atoms with Crippen molar-refractivity contribution in [1.29, 1.82) is 5.26 Å². The average molecular weight is 399 g/mol. The summed E-state index contributed by atoms with van der Waals surface area (Å²) in [5.41, 5.74) is 4.07. The molecule has 7 nitrogen and oxygen atoms in total. The van der Waals surface area contributed by atoms with E-state index in [0.717, 1.165) is 41.9 Å². The van der Waals surface area contributed by atoms with Gasteiger partial charge in [-0.1, -0.05) is 13.8 Å². The number of nitrogens with zero attached hydrogens (tertiary/aromatic N) is 4. The van der Waals surface area contributed by atoms with Crippen LogP contribution in [0.4, 0.5) is 10.6 Å². The number of methoxy groups -OCH3 is 1. The number of nitriles is 1. The Labute approximate surface area is 172 Å². The molecule has 3 heterocycles. The average Bonchev–Trinajstić information content (AvgIpc) is 3.56. The molecule has 1 unspecified atom stereocenters. The smallest absolute Gasteiger partial charge is 0.409 e. The summed E-state index contributed by atoms with van der Waals surface area (Å²) in [7, 11) is 1.43. The van der Waals surface area contributed by atoms with Crippen molar-refractivity contribution in [2.45, 2.75) is 64.7 Å². The van der Waals surface area contributed by atoms with Gasteiger partial charge in [-0.2, -0.15) is 5.26 Å². The third-order valence-electron chi connectivity index (χ3n) is 6.40. The largest absolute Gasteiger partial charge is 0.453 e. The highest BCUT2D eigenvalue weighted by Gasteiger charge is 2.38. The third-order valence-corrected chi connectivity index (χ3v) is 6.40. The Morgan fingerprint density at radius 1 is 1.31 bits per heavy atom. The van der Waals surface area contributed by atoms with Crippen LogP contribution in [0.15, 0.2) is 0 Å². The minimum atomic E-state index is -0.285. The Morgan fingerprint density at radius 2 is 2.07 bits per heavy atom. The van der Waals surface area contributed by atoms with Gasteiger partial charge in [-0.15, -0.1) is 0 Å². The first-order chi connectivity index (χ1) is 13.9. The van der Waals surface area contributed by atoms with Gasteiger partial charge in [0.25, 0.3) is 0 Å². The number of ether oxygens (including phenoxy) is 2. The van der Waals surface area contributed by atoms with Crippen molar-refractivity contribution in [3.63, 3.8) is 0 Å². The van der Waals surface area contributed by atoms with Gasteiger partial charge in [0, 0.05) is 37.5 Å². The summed E-state index contributed by atoms with van der Waals surface area (Å²) >= 11 is 0. The van der Waals surface area contributed by atoms with Crippen molar-refractivity contribution < 1.29 is 14.3 Å². The zero-order chi connectivity index (χ0) is 20.7. The lowest BCUT2D eigenvalue weighted by Crippen LogP contribution is -2.57. The number of piperazine rings is 1. The second-order valence-electron chi connectivity index (χ2n) is 8.79. The van der Waals surface area contributed by atoms with Crippen LogP contribution >= 0.6 is 0 Å². The highest BCUT2D eigenvalue weighted by Crippen LogP contribution is 2.45. The van der Waals surface area contributed by atoms with E-state index in [1.54, 1.807) is 0 Å². The van der Waals surface area contributed by atoms with Gasteiger partial charge in [0.2, 0.25) is 0 Å². The molecule has 1 aromatic rings. The Bertz CT molecular complexity index is 843. The molecule has 0 N–H and O–H groups in total. The summed E-state index contributed by atoms with van der Waals surface area (Å²) in [4.78, 5) is 21.3. The Kier molecular flexibility index (Phi) is 5.39. The molecule has 2 atom stereocenters. The number of pyridine rings is 1. The van der Waals surface area contributed by atoms with Crippen LogP contribution in [-0.4, -0.2) is 54.9 Å². The minimum absolute atomic E-state index is 0.0206. The summed E-state index contributed by atoms with van der Waals surface area (Å²) in [5, 5.41) is 10.0. The first-order valence-corrected chi connectivity index (χ1v) is 10.6. The Morgan fingerprint density at radius 3 is 2.69 bits per heavy atom. The lowest BCUT2D eigenvalue weighted by molar-refractivity contribution is 0.0401. The third kappa shape index (κ3) is 3.66. The molecule has 1 saturated heterocycles. The predicted octanol–water partition coefficient (Wildman–Crippen LogP) is 3.20. The minimum Gasteiger partial charge on any atom is -0.453 e. The molecule has 3 aliphatic rings. The lowest BCUT2D eigenvalue weighted by atomic mass is 9.92. The van der Waals surface area contributed by atoms with Crippen molar-refractivity contribution in [1.82, 2.24) is 9.88 Å². The van der Waals surface area contributed by atoms with Gasteiger partial charge in [-0.3, -0.25) is 0 Å². The molecule has 0 radical (unpaired) electrons. The topological polar surface area (TPSA) is 78.7 Å². The molecule has 1 aliphatic carbocycles. The zero-order valence-electron chi connectivity index (χ0n) is 17.8. The van der Waals surface area contributed by atoms with Crippen LogP contribution in [0, 0.1) is 17.2 Å². The fraction of sp³-hybridized carbons (Fsp3) is 0.682. The number of aromatic nitrogens is 1. The number of hydrogen-bond donors (Lipinski definition) is 0. The molecule has 1 saturated carbocycles. The summed E-state index contributed by atoms with van der Waals surface area (Å²) in [5.74, 6) is 1.55. The summed E-state index contributed by atoms with van der Waals surface area (Å²) in [6.45, 7) is 8.71. The van der Waals surface area contributed by atoms with Crippen molar-refractivity contribution in [3.05, 3.63) is 22.4 Å². The number of carbonyl (C=O) groups excluding carboxylic acids is 1. The van der Waals surface area contributed by atoms with E-state index in [9.17, 15) is 10.1 Å². The van der Waals surface area contributed by atoms with Gasteiger partial charge in [0.1, 0.15) is 11.9 Å². The van der Waals surface area contributed by atoms with Crippen molar-refractivity contribution >= 4 is 11.9 Å². The molecule has 0 aromatic carbocycles. The van der Waals surface area contributed by atoms with Crippen molar-refractivity contribution in [3.8, 4) is 6.07 Å². The molecule has 0 bridgehead atoms. The van der Waals surface area contributed by atoms with Crippen LogP contribution < -0.4 is 4.90 Å². The SMILES string of the molecule is COC(=O)N1CCN(c2nc(C3CC3)c3c(c2C#N)CC(C)OC3)C[C@H]1C(C)C. The van der Waals surface area contributed by atoms with E-state index in [1.807, 2.05) is 4.90 Å². The quantitative estimate of drug-likeness (QED) is 0.778. The molecule has 1 aromatic heterocycles. The normalized spacial score (nSPS) is 24.3. The summed E-state index contributed by atoms with van der Waals surface area (Å²) in [6.07, 6.45) is 2.89. The van der Waals surface area contributed by atoms with Gasteiger partial charge < -0.3 is 19.3 Å². The standard InChI is InChI=1S/C22H30N4O3/c1-13(2)19-11-25(7-8-26(19)22(27)28-4)21-17(10-23)16-9-14(3)29-12-18(16)20(24-21)15-5-6-15/h13-15,19H,5-9,11-12H2,1-4H3/t14?,19-/m0/s1. The maximum atomic E-state index is 12.2. The van der Waals surface area contributed by atoms with Gasteiger partial charge in [-0.05, 0) is 31.2 Å². The highest BCUT2D eigenvalue weighted by molar-refractivity contribution is 5.69. The molecular formula is C22H30N4O3. The monoisotopic (exact) mass is 398 g/mol. The van der Waals surface area contributed by atoms with Crippen LogP contribution in [0.1, 0.15) is 61.9 Å².